The molecule has 1 aromatic heterocycles. The highest BCUT2D eigenvalue weighted by atomic mass is 79.9. The van der Waals surface area contributed by atoms with Crippen LogP contribution in [-0.4, -0.2) is 20.9 Å². The predicted octanol–water partition coefficient (Wildman–Crippen LogP) is 2.03. The van der Waals surface area contributed by atoms with Crippen LogP contribution in [0.25, 0.3) is 10.9 Å². The molecule has 1 aromatic carbocycles. The van der Waals surface area contributed by atoms with Crippen LogP contribution in [0.5, 0.6) is 0 Å². The van der Waals surface area contributed by atoms with E-state index in [2.05, 4.69) is 21.0 Å². The Hall–Kier alpha value is -1.36. The molecule has 1 N–H and O–H groups in total. The van der Waals surface area contributed by atoms with Crippen LogP contribution in [0.15, 0.2) is 22.8 Å². The zero-order valence-electron chi connectivity index (χ0n) is 7.36. The lowest BCUT2D eigenvalue weighted by molar-refractivity contribution is 0.0696. The first kappa shape index (κ1) is 9.21. The Morgan fingerprint density at radius 1 is 1.57 bits per heavy atom. The molecule has 0 unspecified atom stereocenters. The molecule has 5 heteroatoms. The fraction of sp³-hybridized carbons (Fsp3) is 0.111. The number of carboxylic acid groups (broad SMARTS) is 1. The van der Waals surface area contributed by atoms with Gasteiger partial charge in [0.15, 0.2) is 0 Å². The van der Waals surface area contributed by atoms with E-state index >= 15 is 0 Å². The van der Waals surface area contributed by atoms with E-state index in [1.54, 1.807) is 30.1 Å². The lowest BCUT2D eigenvalue weighted by atomic mass is 10.2. The van der Waals surface area contributed by atoms with E-state index in [0.29, 0.717) is 4.47 Å². The average Bonchev–Trinajstić information content (AvgIpc) is 2.48. The Morgan fingerprint density at radius 3 is 2.93 bits per heavy atom. The summed E-state index contributed by atoms with van der Waals surface area (Å²) >= 11 is 3.27. The maximum Gasteiger partial charge on any atom is 0.336 e. The van der Waals surface area contributed by atoms with Crippen LogP contribution >= 0.6 is 15.9 Å². The molecule has 0 atom stereocenters. The van der Waals surface area contributed by atoms with Crippen molar-refractivity contribution in [3.8, 4) is 0 Å². The van der Waals surface area contributed by atoms with Crippen molar-refractivity contribution in [3.63, 3.8) is 0 Å². The predicted molar refractivity (Wildman–Crippen MR) is 55.4 cm³/mol. The van der Waals surface area contributed by atoms with Crippen molar-refractivity contribution in [1.29, 1.82) is 0 Å². The Bertz CT molecular complexity index is 519. The van der Waals surface area contributed by atoms with Gasteiger partial charge in [-0.2, -0.15) is 5.10 Å². The molecular weight excluding hydrogens is 248 g/mol. The van der Waals surface area contributed by atoms with Crippen LogP contribution in [-0.2, 0) is 7.05 Å². The van der Waals surface area contributed by atoms with Crippen molar-refractivity contribution < 1.29 is 9.90 Å². The summed E-state index contributed by atoms with van der Waals surface area (Å²) in [5.41, 5.74) is 1.05. The minimum atomic E-state index is -0.944. The van der Waals surface area contributed by atoms with Crippen molar-refractivity contribution in [1.82, 2.24) is 9.78 Å². The summed E-state index contributed by atoms with van der Waals surface area (Å²) < 4.78 is 2.22. The third kappa shape index (κ3) is 1.21. The number of hydrogen-bond donors (Lipinski definition) is 1. The van der Waals surface area contributed by atoms with Gasteiger partial charge in [-0.1, -0.05) is 6.07 Å². The van der Waals surface area contributed by atoms with Gasteiger partial charge in [-0.15, -0.1) is 0 Å². The lowest BCUT2D eigenvalue weighted by Gasteiger charge is -2.01. The maximum atomic E-state index is 10.8. The average molecular weight is 255 g/mol. The topological polar surface area (TPSA) is 55.1 Å². The fourth-order valence-electron chi connectivity index (χ4n) is 1.38. The maximum absolute atomic E-state index is 10.8. The number of aromatic nitrogens is 2. The molecule has 0 saturated heterocycles. The standard InChI is InChI=1S/C9H7BrN2O2/c1-12-8-5(4-11-12)2-3-6(7(8)10)9(13)14/h2-4H,1H3,(H,13,14). The number of nitrogens with zero attached hydrogens (tertiary/aromatic N) is 2. The number of hydrogen-bond acceptors (Lipinski definition) is 2. The van der Waals surface area contributed by atoms with Crippen LogP contribution in [0.4, 0.5) is 0 Å². The Kier molecular flexibility index (Phi) is 2.03. The van der Waals surface area contributed by atoms with Crippen molar-refractivity contribution in [2.75, 3.05) is 0 Å². The third-order valence-corrected chi connectivity index (χ3v) is 2.87. The van der Waals surface area contributed by atoms with E-state index in [9.17, 15) is 4.79 Å². The smallest absolute Gasteiger partial charge is 0.336 e. The number of aromatic carboxylic acids is 1. The van der Waals surface area contributed by atoms with E-state index in [1.165, 1.54) is 0 Å². The highest BCUT2D eigenvalue weighted by molar-refractivity contribution is 9.10. The molecule has 0 radical (unpaired) electrons. The first-order valence-electron chi connectivity index (χ1n) is 3.95. The van der Waals surface area contributed by atoms with Crippen LogP contribution in [0.3, 0.4) is 0 Å². The van der Waals surface area contributed by atoms with Crippen LogP contribution in [0.1, 0.15) is 10.4 Å². The molecule has 0 saturated carbocycles. The SMILES string of the molecule is Cn1ncc2ccc(C(=O)O)c(Br)c21. The number of fused-ring (bicyclic) bond motifs is 1. The monoisotopic (exact) mass is 254 g/mol. The van der Waals surface area contributed by atoms with E-state index in [-0.39, 0.29) is 5.56 Å². The molecule has 0 fully saturated rings. The molecule has 0 aliphatic rings. The molecule has 2 rings (SSSR count). The molecular formula is C9H7BrN2O2. The van der Waals surface area contributed by atoms with Crippen molar-refractivity contribution in [2.24, 2.45) is 7.05 Å². The highest BCUT2D eigenvalue weighted by Gasteiger charge is 2.13. The second-order valence-corrected chi connectivity index (χ2v) is 3.73. The first-order valence-corrected chi connectivity index (χ1v) is 4.74. The first-order chi connectivity index (χ1) is 6.61. The van der Waals surface area contributed by atoms with Gasteiger partial charge in [0.1, 0.15) is 0 Å². The van der Waals surface area contributed by atoms with E-state index in [1.807, 2.05) is 0 Å². The molecule has 0 amide bonds. The molecule has 14 heavy (non-hydrogen) atoms. The second-order valence-electron chi connectivity index (χ2n) is 2.94. The summed E-state index contributed by atoms with van der Waals surface area (Å²) in [5, 5.41) is 13.9. The fourth-order valence-corrected chi connectivity index (χ4v) is 2.17. The van der Waals surface area contributed by atoms with Gasteiger partial charge >= 0.3 is 5.97 Å². The summed E-state index contributed by atoms with van der Waals surface area (Å²) in [5.74, 6) is -0.944. The summed E-state index contributed by atoms with van der Waals surface area (Å²) in [4.78, 5) is 10.8. The zero-order chi connectivity index (χ0) is 10.3. The van der Waals surface area contributed by atoms with Crippen LogP contribution in [0.2, 0.25) is 0 Å². The van der Waals surface area contributed by atoms with Gasteiger partial charge < -0.3 is 5.11 Å². The highest BCUT2D eigenvalue weighted by Crippen LogP contribution is 2.27. The molecule has 0 bridgehead atoms. The normalized spacial score (nSPS) is 10.7. The summed E-state index contributed by atoms with van der Waals surface area (Å²) in [6, 6.07) is 3.31. The quantitative estimate of drug-likeness (QED) is 0.848. The van der Waals surface area contributed by atoms with Crippen molar-refractivity contribution in [3.05, 3.63) is 28.4 Å². The van der Waals surface area contributed by atoms with Gasteiger partial charge in [0.05, 0.1) is 21.7 Å². The number of benzene rings is 1. The molecule has 1 heterocycles. The number of rotatable bonds is 1. The number of carbonyl (C=O) groups is 1. The molecule has 0 spiro atoms. The van der Waals surface area contributed by atoms with Gasteiger partial charge in [0.25, 0.3) is 0 Å². The zero-order valence-corrected chi connectivity index (χ0v) is 8.95. The van der Waals surface area contributed by atoms with E-state index in [4.69, 9.17) is 5.11 Å². The van der Waals surface area contributed by atoms with Gasteiger partial charge in [-0.25, -0.2) is 4.79 Å². The number of halogens is 1. The molecule has 4 nitrogen and oxygen atoms in total. The Labute approximate surface area is 88.3 Å². The Morgan fingerprint density at radius 2 is 2.29 bits per heavy atom. The van der Waals surface area contributed by atoms with Crippen molar-refractivity contribution >= 4 is 32.8 Å². The van der Waals surface area contributed by atoms with Crippen molar-refractivity contribution in [2.45, 2.75) is 0 Å². The lowest BCUT2D eigenvalue weighted by Crippen LogP contribution is -1.99. The molecule has 0 aliphatic carbocycles. The molecule has 0 aliphatic heterocycles. The second kappa shape index (κ2) is 3.09. The number of aryl methyl sites for hydroxylation is 1. The van der Waals surface area contributed by atoms with E-state index < -0.39 is 5.97 Å². The third-order valence-electron chi connectivity index (χ3n) is 2.07. The Balaban J connectivity index is 2.86. The van der Waals surface area contributed by atoms with Crippen LogP contribution < -0.4 is 0 Å². The minimum absolute atomic E-state index is 0.251. The van der Waals surface area contributed by atoms with Gasteiger partial charge in [0, 0.05) is 12.4 Å². The largest absolute Gasteiger partial charge is 0.478 e. The van der Waals surface area contributed by atoms with Gasteiger partial charge in [-0.3, -0.25) is 4.68 Å². The summed E-state index contributed by atoms with van der Waals surface area (Å²) in [6.07, 6.45) is 1.70. The van der Waals surface area contributed by atoms with Crippen LogP contribution in [0, 0.1) is 0 Å². The summed E-state index contributed by atoms with van der Waals surface area (Å²) in [6.45, 7) is 0. The molecule has 72 valence electrons. The van der Waals surface area contributed by atoms with Gasteiger partial charge in [-0.05, 0) is 22.0 Å². The molecule has 2 aromatic rings. The summed E-state index contributed by atoms with van der Waals surface area (Å²) in [7, 11) is 1.78. The minimum Gasteiger partial charge on any atom is -0.478 e. The number of carboxylic acids is 1. The van der Waals surface area contributed by atoms with E-state index in [0.717, 1.165) is 10.9 Å². The van der Waals surface area contributed by atoms with Gasteiger partial charge in [0.2, 0.25) is 0 Å².